The number of hydrogen-bond acceptors (Lipinski definition) is 6. The fourth-order valence-corrected chi connectivity index (χ4v) is 3.06. The molecule has 128 valence electrons. The van der Waals surface area contributed by atoms with E-state index in [0.717, 1.165) is 43.4 Å². The molecule has 0 unspecified atom stereocenters. The maximum absolute atomic E-state index is 13.9. The van der Waals surface area contributed by atoms with Gasteiger partial charge in [-0.25, -0.2) is 14.4 Å². The Bertz CT molecular complexity index is 722. The second-order valence-corrected chi connectivity index (χ2v) is 5.76. The third-order valence-corrected chi connectivity index (χ3v) is 4.40. The molecule has 2 heterocycles. The Morgan fingerprint density at radius 2 is 1.88 bits per heavy atom. The molecule has 1 aromatic heterocycles. The highest BCUT2D eigenvalue weighted by molar-refractivity contribution is 6.32. The molecule has 1 aliphatic heterocycles. The Morgan fingerprint density at radius 1 is 1.17 bits per heavy atom. The van der Waals surface area contributed by atoms with Crippen molar-refractivity contribution in [1.82, 2.24) is 9.97 Å². The topological polar surface area (TPSA) is 53.5 Å². The molecule has 0 amide bonds. The first-order chi connectivity index (χ1) is 11.6. The summed E-state index contributed by atoms with van der Waals surface area (Å²) in [5.41, 5.74) is 1.57. The molecule has 0 aliphatic carbocycles. The quantitative estimate of drug-likeness (QED) is 0.855. The van der Waals surface area contributed by atoms with Crippen LogP contribution in [0.1, 0.15) is 0 Å². The van der Waals surface area contributed by atoms with Gasteiger partial charge in [0, 0.05) is 45.0 Å². The number of rotatable bonds is 4. The van der Waals surface area contributed by atoms with Gasteiger partial charge in [-0.2, -0.15) is 0 Å². The van der Waals surface area contributed by atoms with Gasteiger partial charge in [-0.3, -0.25) is 0 Å². The summed E-state index contributed by atoms with van der Waals surface area (Å²) in [6.07, 6.45) is 1.46. The third kappa shape index (κ3) is 3.17. The van der Waals surface area contributed by atoms with Crippen molar-refractivity contribution in [2.75, 3.05) is 55.5 Å². The zero-order chi connectivity index (χ0) is 17.1. The lowest BCUT2D eigenvalue weighted by molar-refractivity contribution is 0.386. The average molecular weight is 352 g/mol. The molecular weight excluding hydrogens is 333 g/mol. The van der Waals surface area contributed by atoms with Crippen LogP contribution in [0.25, 0.3) is 0 Å². The van der Waals surface area contributed by atoms with Gasteiger partial charge in [0.2, 0.25) is 0 Å². The number of piperazine rings is 1. The Hall–Kier alpha value is -2.28. The minimum absolute atomic E-state index is 0.256. The van der Waals surface area contributed by atoms with Crippen molar-refractivity contribution < 1.29 is 9.13 Å². The monoisotopic (exact) mass is 351 g/mol. The summed E-state index contributed by atoms with van der Waals surface area (Å²) in [6, 6.07) is 5.04. The molecule has 6 nitrogen and oxygen atoms in total. The number of halogens is 2. The van der Waals surface area contributed by atoms with Crippen LogP contribution in [0.4, 0.5) is 21.6 Å². The van der Waals surface area contributed by atoms with E-state index in [4.69, 9.17) is 16.3 Å². The van der Waals surface area contributed by atoms with E-state index >= 15 is 0 Å². The first-order valence-corrected chi connectivity index (χ1v) is 8.03. The first-order valence-electron chi connectivity index (χ1n) is 7.65. The number of methoxy groups -OCH3 is 1. The van der Waals surface area contributed by atoms with Gasteiger partial charge in [0.05, 0.1) is 7.11 Å². The molecule has 3 rings (SSSR count). The smallest absolute Gasteiger partial charge is 0.167 e. The van der Waals surface area contributed by atoms with Gasteiger partial charge >= 0.3 is 0 Å². The lowest BCUT2D eigenvalue weighted by Crippen LogP contribution is -2.47. The molecule has 24 heavy (non-hydrogen) atoms. The van der Waals surface area contributed by atoms with Crippen molar-refractivity contribution >= 4 is 28.8 Å². The second-order valence-electron chi connectivity index (χ2n) is 5.41. The van der Waals surface area contributed by atoms with E-state index in [1.165, 1.54) is 19.5 Å². The van der Waals surface area contributed by atoms with Crippen molar-refractivity contribution in [1.29, 1.82) is 0 Å². The molecule has 2 aromatic rings. The molecule has 0 bridgehead atoms. The Kier molecular flexibility index (Phi) is 4.89. The van der Waals surface area contributed by atoms with Crippen LogP contribution in [0.15, 0.2) is 24.5 Å². The molecule has 1 aromatic carbocycles. The van der Waals surface area contributed by atoms with Crippen LogP contribution in [0.5, 0.6) is 5.75 Å². The Labute approximate surface area is 145 Å². The molecule has 0 radical (unpaired) electrons. The van der Waals surface area contributed by atoms with Gasteiger partial charge in [-0.1, -0.05) is 11.6 Å². The predicted molar refractivity (Wildman–Crippen MR) is 94.0 cm³/mol. The minimum atomic E-state index is -0.350. The zero-order valence-electron chi connectivity index (χ0n) is 13.6. The number of benzene rings is 1. The molecule has 1 aliphatic rings. The van der Waals surface area contributed by atoms with Crippen LogP contribution < -0.4 is 19.9 Å². The van der Waals surface area contributed by atoms with Crippen LogP contribution in [0.2, 0.25) is 5.15 Å². The summed E-state index contributed by atoms with van der Waals surface area (Å²) in [7, 11) is 3.26. The minimum Gasteiger partial charge on any atom is -0.494 e. The number of nitrogens with one attached hydrogen (secondary N) is 1. The molecular formula is C16H19ClFN5O. The van der Waals surface area contributed by atoms with Gasteiger partial charge in [0.1, 0.15) is 12.0 Å². The fourth-order valence-electron chi connectivity index (χ4n) is 2.84. The first kappa shape index (κ1) is 16.6. The molecule has 8 heteroatoms. The molecule has 1 fully saturated rings. The van der Waals surface area contributed by atoms with Crippen molar-refractivity contribution in [2.45, 2.75) is 0 Å². The predicted octanol–water partition coefficient (Wildman–Crippen LogP) is 2.65. The second kappa shape index (κ2) is 7.09. The van der Waals surface area contributed by atoms with E-state index in [1.807, 2.05) is 6.07 Å². The maximum Gasteiger partial charge on any atom is 0.167 e. The lowest BCUT2D eigenvalue weighted by Gasteiger charge is -2.37. The maximum atomic E-state index is 13.9. The van der Waals surface area contributed by atoms with E-state index in [1.54, 1.807) is 13.1 Å². The van der Waals surface area contributed by atoms with Gasteiger partial charge < -0.3 is 19.9 Å². The summed E-state index contributed by atoms with van der Waals surface area (Å²) in [4.78, 5) is 12.6. The van der Waals surface area contributed by atoms with Crippen molar-refractivity contribution in [3.05, 3.63) is 35.5 Å². The van der Waals surface area contributed by atoms with Crippen LogP contribution >= 0.6 is 11.6 Å². The molecule has 1 N–H and O–H groups in total. The average Bonchev–Trinajstić information content (AvgIpc) is 2.61. The number of hydrogen-bond donors (Lipinski definition) is 1. The van der Waals surface area contributed by atoms with Gasteiger partial charge in [0.15, 0.2) is 22.5 Å². The number of aromatic nitrogens is 2. The summed E-state index contributed by atoms with van der Waals surface area (Å²) >= 11 is 6.12. The standard InChI is InChI=1S/C16H19ClFN5O/c1-19-14-15(17)20-10-21-16(14)23-7-5-22(6-8-23)11-3-4-13(24-2)12(18)9-11/h3-4,9-10,19H,5-8H2,1-2H3. The van der Waals surface area contributed by atoms with E-state index in [0.29, 0.717) is 5.15 Å². The molecule has 0 atom stereocenters. The summed E-state index contributed by atoms with van der Waals surface area (Å²) in [6.45, 7) is 3.04. The van der Waals surface area contributed by atoms with Crippen molar-refractivity contribution in [3.8, 4) is 5.75 Å². The normalized spacial score (nSPS) is 14.7. The lowest BCUT2D eigenvalue weighted by atomic mass is 10.2. The van der Waals surface area contributed by atoms with E-state index in [2.05, 4.69) is 25.1 Å². The van der Waals surface area contributed by atoms with E-state index in [9.17, 15) is 4.39 Å². The highest BCUT2D eigenvalue weighted by atomic mass is 35.5. The van der Waals surface area contributed by atoms with E-state index in [-0.39, 0.29) is 11.6 Å². The van der Waals surface area contributed by atoms with Crippen molar-refractivity contribution in [3.63, 3.8) is 0 Å². The van der Waals surface area contributed by atoms with Crippen LogP contribution in [0.3, 0.4) is 0 Å². The molecule has 0 spiro atoms. The zero-order valence-corrected chi connectivity index (χ0v) is 14.3. The Balaban J connectivity index is 1.72. The van der Waals surface area contributed by atoms with E-state index < -0.39 is 0 Å². The highest BCUT2D eigenvalue weighted by Crippen LogP contribution is 2.30. The Morgan fingerprint density at radius 3 is 2.50 bits per heavy atom. The van der Waals surface area contributed by atoms with Crippen LogP contribution in [-0.4, -0.2) is 50.3 Å². The highest BCUT2D eigenvalue weighted by Gasteiger charge is 2.22. The number of nitrogens with zero attached hydrogens (tertiary/aromatic N) is 4. The fraction of sp³-hybridized carbons (Fsp3) is 0.375. The largest absolute Gasteiger partial charge is 0.494 e. The van der Waals surface area contributed by atoms with Gasteiger partial charge in [0.25, 0.3) is 0 Å². The van der Waals surface area contributed by atoms with Crippen molar-refractivity contribution in [2.24, 2.45) is 0 Å². The summed E-state index contributed by atoms with van der Waals surface area (Å²) in [5.74, 6) is 0.696. The summed E-state index contributed by atoms with van der Waals surface area (Å²) < 4.78 is 18.9. The third-order valence-electron chi connectivity index (χ3n) is 4.11. The number of anilines is 3. The van der Waals surface area contributed by atoms with Gasteiger partial charge in [-0.05, 0) is 12.1 Å². The molecule has 1 saturated heterocycles. The van der Waals surface area contributed by atoms with Crippen LogP contribution in [0, 0.1) is 5.82 Å². The van der Waals surface area contributed by atoms with Crippen LogP contribution in [-0.2, 0) is 0 Å². The van der Waals surface area contributed by atoms with Gasteiger partial charge in [-0.15, -0.1) is 0 Å². The molecule has 0 saturated carbocycles. The SMILES string of the molecule is CNc1c(Cl)ncnc1N1CCN(c2ccc(OC)c(F)c2)CC1. The number of ether oxygens (including phenoxy) is 1. The summed E-state index contributed by atoms with van der Waals surface area (Å²) in [5, 5.41) is 3.45.